The molecule has 2 saturated heterocycles. The van der Waals surface area contributed by atoms with E-state index in [4.69, 9.17) is 9.47 Å². The van der Waals surface area contributed by atoms with Crippen LogP contribution in [0.15, 0.2) is 42.5 Å². The lowest BCUT2D eigenvalue weighted by atomic mass is 10.1. The van der Waals surface area contributed by atoms with Crippen molar-refractivity contribution in [1.29, 1.82) is 0 Å². The van der Waals surface area contributed by atoms with Gasteiger partial charge in [-0.3, -0.25) is 4.79 Å². The number of ether oxygens (including phenoxy) is 2. The van der Waals surface area contributed by atoms with Crippen LogP contribution in [-0.4, -0.2) is 43.9 Å². The molecular formula is C22H26N2O3S. The van der Waals surface area contributed by atoms with Gasteiger partial charge >= 0.3 is 0 Å². The van der Waals surface area contributed by atoms with Crippen LogP contribution in [0.2, 0.25) is 0 Å². The Balaban J connectivity index is 1.54. The van der Waals surface area contributed by atoms with Crippen molar-refractivity contribution in [3.63, 3.8) is 0 Å². The van der Waals surface area contributed by atoms with Crippen LogP contribution in [-0.2, 0) is 11.3 Å². The molecule has 1 unspecified atom stereocenters. The molecule has 28 heavy (non-hydrogen) atoms. The van der Waals surface area contributed by atoms with Gasteiger partial charge in [-0.15, -0.1) is 11.8 Å². The van der Waals surface area contributed by atoms with Crippen molar-refractivity contribution in [3.05, 3.63) is 53.6 Å². The van der Waals surface area contributed by atoms with Crippen LogP contribution < -0.4 is 14.4 Å². The zero-order valence-electron chi connectivity index (χ0n) is 16.4. The third-order valence-electron chi connectivity index (χ3n) is 5.45. The summed E-state index contributed by atoms with van der Waals surface area (Å²) in [4.78, 5) is 17.0. The highest BCUT2D eigenvalue weighted by atomic mass is 32.2. The first-order valence-electron chi connectivity index (χ1n) is 9.66. The lowest BCUT2D eigenvalue weighted by Crippen LogP contribution is -2.28. The number of methoxy groups -OCH3 is 2. The first-order valence-corrected chi connectivity index (χ1v) is 10.7. The number of hydrogen-bond donors (Lipinski definition) is 0. The van der Waals surface area contributed by atoms with Crippen LogP contribution in [0.3, 0.4) is 0 Å². The van der Waals surface area contributed by atoms with Gasteiger partial charge in [-0.2, -0.15) is 0 Å². The predicted molar refractivity (Wildman–Crippen MR) is 113 cm³/mol. The third kappa shape index (κ3) is 3.78. The number of rotatable bonds is 6. The fourth-order valence-electron chi connectivity index (χ4n) is 3.89. The zero-order chi connectivity index (χ0) is 19.5. The molecule has 2 aliphatic heterocycles. The fraction of sp³-hybridized carbons (Fsp3) is 0.409. The van der Waals surface area contributed by atoms with Gasteiger partial charge in [-0.05, 0) is 42.7 Å². The molecule has 1 atom stereocenters. The highest BCUT2D eigenvalue weighted by molar-refractivity contribution is 8.00. The molecule has 2 heterocycles. The Morgan fingerprint density at radius 1 is 1.04 bits per heavy atom. The van der Waals surface area contributed by atoms with E-state index in [1.54, 1.807) is 26.0 Å². The number of benzene rings is 2. The Morgan fingerprint density at radius 2 is 1.79 bits per heavy atom. The maximum atomic E-state index is 12.6. The molecule has 0 radical (unpaired) electrons. The van der Waals surface area contributed by atoms with Crippen LogP contribution in [0.25, 0.3) is 0 Å². The summed E-state index contributed by atoms with van der Waals surface area (Å²) in [5, 5.41) is 0.0342. The van der Waals surface area contributed by atoms with Gasteiger partial charge in [0.25, 0.3) is 0 Å². The van der Waals surface area contributed by atoms with Gasteiger partial charge in [0.2, 0.25) is 5.91 Å². The summed E-state index contributed by atoms with van der Waals surface area (Å²) in [7, 11) is 3.28. The summed E-state index contributed by atoms with van der Waals surface area (Å²) in [5.74, 6) is 2.16. The fourth-order valence-corrected chi connectivity index (χ4v) is 5.08. The van der Waals surface area contributed by atoms with Gasteiger partial charge in [-0.1, -0.05) is 12.1 Å². The predicted octanol–water partition coefficient (Wildman–Crippen LogP) is 4.08. The van der Waals surface area contributed by atoms with Gasteiger partial charge in [0, 0.05) is 30.4 Å². The van der Waals surface area contributed by atoms with Crippen LogP contribution in [0.4, 0.5) is 5.69 Å². The first kappa shape index (κ1) is 19.0. The average molecular weight is 399 g/mol. The minimum atomic E-state index is 0.0342. The second-order valence-corrected chi connectivity index (χ2v) is 8.22. The molecule has 6 heteroatoms. The summed E-state index contributed by atoms with van der Waals surface area (Å²) < 4.78 is 10.8. The SMILES string of the molecule is COc1ccc(CN2C(=O)CSC2c2ccc(N3CCCC3)cc2)c(OC)c1. The summed E-state index contributed by atoms with van der Waals surface area (Å²) >= 11 is 1.69. The van der Waals surface area contributed by atoms with Gasteiger partial charge in [0.05, 0.1) is 26.5 Å². The maximum Gasteiger partial charge on any atom is 0.234 e. The van der Waals surface area contributed by atoms with E-state index in [2.05, 4.69) is 29.2 Å². The Morgan fingerprint density at radius 3 is 2.46 bits per heavy atom. The van der Waals surface area contributed by atoms with Crippen molar-refractivity contribution in [2.24, 2.45) is 0 Å². The van der Waals surface area contributed by atoms with Crippen molar-refractivity contribution < 1.29 is 14.3 Å². The summed E-state index contributed by atoms with van der Waals surface area (Å²) in [6, 6.07) is 14.5. The molecule has 148 valence electrons. The molecule has 5 nitrogen and oxygen atoms in total. The summed E-state index contributed by atoms with van der Waals surface area (Å²) in [6.45, 7) is 2.80. The van der Waals surface area contributed by atoms with Crippen LogP contribution in [0.5, 0.6) is 11.5 Å². The second kappa shape index (κ2) is 8.35. The van der Waals surface area contributed by atoms with E-state index in [0.717, 1.165) is 30.2 Å². The molecule has 0 bridgehead atoms. The number of nitrogens with zero attached hydrogens (tertiary/aromatic N) is 2. The van der Waals surface area contributed by atoms with Crippen molar-refractivity contribution in [2.45, 2.75) is 24.8 Å². The molecule has 0 spiro atoms. The number of carbonyl (C=O) groups excluding carboxylic acids is 1. The van der Waals surface area contributed by atoms with Crippen LogP contribution in [0.1, 0.15) is 29.3 Å². The smallest absolute Gasteiger partial charge is 0.234 e. The monoisotopic (exact) mass is 398 g/mol. The van der Waals surface area contributed by atoms with Gasteiger partial charge in [0.15, 0.2) is 0 Å². The van der Waals surface area contributed by atoms with Gasteiger partial charge in [0.1, 0.15) is 16.9 Å². The first-order chi connectivity index (χ1) is 13.7. The molecule has 0 N–H and O–H groups in total. The zero-order valence-corrected chi connectivity index (χ0v) is 17.2. The maximum absolute atomic E-state index is 12.6. The quantitative estimate of drug-likeness (QED) is 0.734. The Kier molecular flexibility index (Phi) is 5.67. The number of thioether (sulfide) groups is 1. The average Bonchev–Trinajstić information content (AvgIpc) is 3.39. The van der Waals surface area contributed by atoms with Crippen molar-refractivity contribution in [1.82, 2.24) is 4.90 Å². The molecule has 0 aromatic heterocycles. The van der Waals surface area contributed by atoms with E-state index in [1.807, 2.05) is 23.1 Å². The van der Waals surface area contributed by atoms with Crippen molar-refractivity contribution in [2.75, 3.05) is 38.0 Å². The molecule has 1 amide bonds. The van der Waals surface area contributed by atoms with E-state index in [0.29, 0.717) is 12.3 Å². The molecule has 4 rings (SSSR count). The summed E-state index contributed by atoms with van der Waals surface area (Å²) in [5.41, 5.74) is 3.43. The molecule has 2 fully saturated rings. The van der Waals surface area contributed by atoms with Gasteiger partial charge < -0.3 is 19.3 Å². The Bertz CT molecular complexity index is 834. The Hall–Kier alpha value is -2.34. The van der Waals surface area contributed by atoms with Gasteiger partial charge in [-0.25, -0.2) is 0 Å². The minimum absolute atomic E-state index is 0.0342. The highest BCUT2D eigenvalue weighted by Crippen LogP contribution is 2.41. The molecule has 2 aliphatic rings. The molecule has 2 aromatic carbocycles. The highest BCUT2D eigenvalue weighted by Gasteiger charge is 2.33. The van der Waals surface area contributed by atoms with E-state index >= 15 is 0 Å². The van der Waals surface area contributed by atoms with E-state index < -0.39 is 0 Å². The van der Waals surface area contributed by atoms with E-state index in [-0.39, 0.29) is 11.3 Å². The topological polar surface area (TPSA) is 42.0 Å². The van der Waals surface area contributed by atoms with Crippen molar-refractivity contribution >= 4 is 23.4 Å². The number of anilines is 1. The third-order valence-corrected chi connectivity index (χ3v) is 6.71. The number of hydrogen-bond acceptors (Lipinski definition) is 5. The molecular weight excluding hydrogens is 372 g/mol. The molecule has 0 aliphatic carbocycles. The lowest BCUT2D eigenvalue weighted by molar-refractivity contribution is -0.128. The molecule has 0 saturated carbocycles. The number of amides is 1. The van der Waals surface area contributed by atoms with Crippen LogP contribution in [0, 0.1) is 0 Å². The standard InChI is InChI=1S/C22H26N2O3S/c1-26-19-10-7-17(20(13-19)27-2)14-24-21(25)15-28-22(24)16-5-8-18(9-6-16)23-11-3-4-12-23/h5-10,13,22H,3-4,11-12,14-15H2,1-2H3. The second-order valence-electron chi connectivity index (χ2n) is 7.15. The Labute approximate surface area is 170 Å². The van der Waals surface area contributed by atoms with E-state index in [1.165, 1.54) is 24.1 Å². The van der Waals surface area contributed by atoms with Crippen LogP contribution >= 0.6 is 11.8 Å². The number of carbonyl (C=O) groups is 1. The lowest BCUT2D eigenvalue weighted by Gasteiger charge is -2.26. The normalized spacial score (nSPS) is 19.4. The molecule has 2 aromatic rings. The van der Waals surface area contributed by atoms with Crippen molar-refractivity contribution in [3.8, 4) is 11.5 Å². The minimum Gasteiger partial charge on any atom is -0.497 e. The largest absolute Gasteiger partial charge is 0.497 e. The summed E-state index contributed by atoms with van der Waals surface area (Å²) in [6.07, 6.45) is 2.54. The van der Waals surface area contributed by atoms with E-state index in [9.17, 15) is 4.79 Å².